The third kappa shape index (κ3) is 2.32. The highest BCUT2D eigenvalue weighted by molar-refractivity contribution is 6.28. The topological polar surface area (TPSA) is 70.1 Å². The summed E-state index contributed by atoms with van der Waals surface area (Å²) in [6.45, 7) is 0.979. The number of nitrogens with zero attached hydrogens (tertiary/aromatic N) is 2. The molecule has 2 N–H and O–H groups in total. The van der Waals surface area contributed by atoms with Crippen LogP contribution in [0.2, 0.25) is 5.28 Å². The molecule has 96 valence electrons. The average Bonchev–Trinajstić information content (AvgIpc) is 2.38. The quantitative estimate of drug-likeness (QED) is 0.851. The first-order valence-corrected chi connectivity index (χ1v) is 5.99. The molecule has 0 aliphatic rings. The van der Waals surface area contributed by atoms with E-state index in [1.165, 1.54) is 4.57 Å². The fraction of sp³-hybridized carbons (Fsp3) is 0.333. The zero-order valence-corrected chi connectivity index (χ0v) is 10.8. The van der Waals surface area contributed by atoms with Crippen molar-refractivity contribution in [3.63, 3.8) is 0 Å². The van der Waals surface area contributed by atoms with Crippen molar-refractivity contribution in [1.29, 1.82) is 0 Å². The van der Waals surface area contributed by atoms with Gasteiger partial charge < -0.3 is 10.5 Å². The van der Waals surface area contributed by atoms with Crippen LogP contribution in [0.15, 0.2) is 23.0 Å². The van der Waals surface area contributed by atoms with Crippen LogP contribution in [-0.2, 0) is 6.54 Å². The second kappa shape index (κ2) is 5.37. The van der Waals surface area contributed by atoms with Gasteiger partial charge in [0, 0.05) is 12.6 Å². The molecule has 1 heterocycles. The van der Waals surface area contributed by atoms with Crippen LogP contribution >= 0.6 is 11.6 Å². The predicted molar refractivity (Wildman–Crippen MR) is 71.2 cm³/mol. The van der Waals surface area contributed by atoms with Gasteiger partial charge in [0.25, 0.3) is 5.56 Å². The first-order chi connectivity index (χ1) is 8.67. The number of fused-ring (bicyclic) bond motifs is 1. The molecular formula is C12H14ClN3O2. The van der Waals surface area contributed by atoms with Crippen LogP contribution in [-0.4, -0.2) is 23.2 Å². The summed E-state index contributed by atoms with van der Waals surface area (Å²) in [5.41, 5.74) is 5.82. The number of ether oxygens (including phenoxy) is 1. The molecule has 0 spiro atoms. The Bertz CT molecular complexity index is 624. The Balaban J connectivity index is 2.60. The Hall–Kier alpha value is -1.59. The minimum absolute atomic E-state index is 0.152. The molecule has 1 aromatic heterocycles. The molecule has 0 atom stereocenters. The van der Waals surface area contributed by atoms with Crippen molar-refractivity contribution < 1.29 is 4.74 Å². The SMILES string of the molecule is COc1ccc2c(=O)n(CCCN)c(Cl)nc2c1. The van der Waals surface area contributed by atoms with E-state index in [1.54, 1.807) is 25.3 Å². The molecule has 1 aromatic carbocycles. The molecule has 0 radical (unpaired) electrons. The molecule has 0 aliphatic carbocycles. The molecule has 0 unspecified atom stereocenters. The second-order valence-electron chi connectivity index (χ2n) is 3.86. The molecule has 0 fully saturated rings. The van der Waals surface area contributed by atoms with Gasteiger partial charge in [-0.2, -0.15) is 0 Å². The molecule has 2 rings (SSSR count). The van der Waals surface area contributed by atoms with Gasteiger partial charge in [-0.3, -0.25) is 9.36 Å². The van der Waals surface area contributed by atoms with Crippen molar-refractivity contribution in [3.8, 4) is 5.75 Å². The van der Waals surface area contributed by atoms with E-state index < -0.39 is 0 Å². The lowest BCUT2D eigenvalue weighted by molar-refractivity contribution is 0.415. The van der Waals surface area contributed by atoms with Crippen LogP contribution in [0.1, 0.15) is 6.42 Å². The highest BCUT2D eigenvalue weighted by atomic mass is 35.5. The molecule has 18 heavy (non-hydrogen) atoms. The molecule has 0 saturated carbocycles. The molecule has 0 aliphatic heterocycles. The van der Waals surface area contributed by atoms with E-state index in [9.17, 15) is 4.79 Å². The van der Waals surface area contributed by atoms with Crippen molar-refractivity contribution in [2.75, 3.05) is 13.7 Å². The maximum absolute atomic E-state index is 12.2. The highest BCUT2D eigenvalue weighted by Gasteiger charge is 2.09. The highest BCUT2D eigenvalue weighted by Crippen LogP contribution is 2.18. The van der Waals surface area contributed by atoms with E-state index in [-0.39, 0.29) is 10.8 Å². The lowest BCUT2D eigenvalue weighted by Crippen LogP contribution is -2.23. The lowest BCUT2D eigenvalue weighted by atomic mass is 10.2. The number of nitrogens with two attached hydrogens (primary N) is 1. The Kier molecular flexibility index (Phi) is 3.84. The van der Waals surface area contributed by atoms with Crippen LogP contribution in [0, 0.1) is 0 Å². The standard InChI is InChI=1S/C12H14ClN3O2/c1-18-8-3-4-9-10(7-8)15-12(13)16(11(9)17)6-2-5-14/h3-4,7H,2,5-6,14H2,1H3. The number of halogens is 1. The van der Waals surface area contributed by atoms with Crippen molar-refractivity contribution in [1.82, 2.24) is 9.55 Å². The Labute approximate surface area is 109 Å². The van der Waals surface area contributed by atoms with Crippen molar-refractivity contribution in [2.24, 2.45) is 5.73 Å². The molecule has 0 saturated heterocycles. The summed E-state index contributed by atoms with van der Waals surface area (Å²) in [6, 6.07) is 5.11. The summed E-state index contributed by atoms with van der Waals surface area (Å²) < 4.78 is 6.52. The maximum Gasteiger partial charge on any atom is 0.262 e. The van der Waals surface area contributed by atoms with Gasteiger partial charge in [0.15, 0.2) is 0 Å². The van der Waals surface area contributed by atoms with E-state index in [0.29, 0.717) is 36.2 Å². The van der Waals surface area contributed by atoms with E-state index in [2.05, 4.69) is 4.98 Å². The number of hydrogen-bond donors (Lipinski definition) is 1. The van der Waals surface area contributed by atoms with Gasteiger partial charge in [-0.1, -0.05) is 0 Å². The van der Waals surface area contributed by atoms with Gasteiger partial charge in [-0.25, -0.2) is 4.98 Å². The van der Waals surface area contributed by atoms with Gasteiger partial charge in [0.2, 0.25) is 5.28 Å². The molecular weight excluding hydrogens is 254 g/mol. The third-order valence-corrected chi connectivity index (χ3v) is 2.99. The summed E-state index contributed by atoms with van der Waals surface area (Å²) in [6.07, 6.45) is 0.684. The van der Waals surface area contributed by atoms with Gasteiger partial charge >= 0.3 is 0 Å². The molecule has 6 heteroatoms. The third-order valence-electron chi connectivity index (χ3n) is 2.70. The smallest absolute Gasteiger partial charge is 0.262 e. The van der Waals surface area contributed by atoms with Gasteiger partial charge in [0.05, 0.1) is 18.0 Å². The zero-order chi connectivity index (χ0) is 13.1. The van der Waals surface area contributed by atoms with Gasteiger partial charge in [-0.15, -0.1) is 0 Å². The van der Waals surface area contributed by atoms with E-state index >= 15 is 0 Å². The molecule has 0 amide bonds. The maximum atomic E-state index is 12.2. The van der Waals surface area contributed by atoms with Crippen molar-refractivity contribution in [2.45, 2.75) is 13.0 Å². The summed E-state index contributed by atoms with van der Waals surface area (Å²) in [5, 5.41) is 0.700. The minimum Gasteiger partial charge on any atom is -0.497 e. The van der Waals surface area contributed by atoms with Crippen molar-refractivity contribution in [3.05, 3.63) is 33.8 Å². The number of rotatable bonds is 4. The van der Waals surface area contributed by atoms with Crippen LogP contribution < -0.4 is 16.0 Å². The fourth-order valence-electron chi connectivity index (χ4n) is 1.74. The van der Waals surface area contributed by atoms with Crippen LogP contribution in [0.5, 0.6) is 5.75 Å². The Morgan fingerprint density at radius 3 is 2.94 bits per heavy atom. The van der Waals surface area contributed by atoms with Crippen LogP contribution in [0.4, 0.5) is 0 Å². The van der Waals surface area contributed by atoms with Crippen LogP contribution in [0.25, 0.3) is 10.9 Å². The van der Waals surface area contributed by atoms with E-state index in [1.807, 2.05) is 0 Å². The number of hydrogen-bond acceptors (Lipinski definition) is 4. The summed E-state index contributed by atoms with van der Waals surface area (Å²) in [5.74, 6) is 0.644. The first-order valence-electron chi connectivity index (χ1n) is 5.61. The summed E-state index contributed by atoms with van der Waals surface area (Å²) in [4.78, 5) is 16.4. The van der Waals surface area contributed by atoms with E-state index in [4.69, 9.17) is 22.1 Å². The number of methoxy groups -OCH3 is 1. The predicted octanol–water partition coefficient (Wildman–Crippen LogP) is 1.41. The lowest BCUT2D eigenvalue weighted by Gasteiger charge is -2.09. The Morgan fingerprint density at radius 2 is 2.28 bits per heavy atom. The Morgan fingerprint density at radius 1 is 1.50 bits per heavy atom. The van der Waals surface area contributed by atoms with Crippen LogP contribution in [0.3, 0.4) is 0 Å². The minimum atomic E-state index is -0.152. The fourth-order valence-corrected chi connectivity index (χ4v) is 2.00. The normalized spacial score (nSPS) is 10.8. The van der Waals surface area contributed by atoms with Gasteiger partial charge in [-0.05, 0) is 36.7 Å². The van der Waals surface area contributed by atoms with Gasteiger partial charge in [0.1, 0.15) is 5.75 Å². The summed E-state index contributed by atoms with van der Waals surface area (Å²) in [7, 11) is 1.56. The van der Waals surface area contributed by atoms with Crippen molar-refractivity contribution >= 4 is 22.5 Å². The molecule has 0 bridgehead atoms. The zero-order valence-electron chi connectivity index (χ0n) is 10.0. The molecule has 2 aromatic rings. The molecule has 5 nitrogen and oxygen atoms in total. The second-order valence-corrected chi connectivity index (χ2v) is 4.20. The average molecular weight is 268 g/mol. The monoisotopic (exact) mass is 267 g/mol. The van der Waals surface area contributed by atoms with E-state index in [0.717, 1.165) is 0 Å². The summed E-state index contributed by atoms with van der Waals surface area (Å²) >= 11 is 6.01. The first kappa shape index (κ1) is 12.9. The number of aromatic nitrogens is 2. The number of benzene rings is 1. The largest absolute Gasteiger partial charge is 0.497 e.